The van der Waals surface area contributed by atoms with E-state index >= 15 is 0 Å². The van der Waals surface area contributed by atoms with Gasteiger partial charge >= 0.3 is 0 Å². The second kappa shape index (κ2) is 6.97. The van der Waals surface area contributed by atoms with Gasteiger partial charge in [-0.1, -0.05) is 19.3 Å². The molecule has 2 rings (SSSR count). The van der Waals surface area contributed by atoms with Crippen molar-refractivity contribution in [2.45, 2.75) is 38.1 Å². The van der Waals surface area contributed by atoms with Crippen molar-refractivity contribution in [1.29, 1.82) is 0 Å². The number of carbonyl (C=O) groups excluding carboxylic acids is 1. The molecule has 1 saturated carbocycles. The second-order valence-electron chi connectivity index (χ2n) is 4.85. The standard InChI is InChI=1S/C14H21N3O2/c1-19-14-8-7-12(9-16-14)15-10-13(18)17-11-5-3-2-4-6-11/h7-9,11,15H,2-6,10H2,1H3,(H,17,18). The molecule has 0 aromatic carbocycles. The van der Waals surface area contributed by atoms with Crippen molar-refractivity contribution < 1.29 is 9.53 Å². The van der Waals surface area contributed by atoms with Crippen molar-refractivity contribution in [2.75, 3.05) is 19.0 Å². The van der Waals surface area contributed by atoms with E-state index in [1.807, 2.05) is 6.07 Å². The maximum absolute atomic E-state index is 11.8. The lowest BCUT2D eigenvalue weighted by atomic mass is 9.95. The van der Waals surface area contributed by atoms with Crippen LogP contribution in [0.4, 0.5) is 5.69 Å². The summed E-state index contributed by atoms with van der Waals surface area (Å²) < 4.78 is 4.98. The number of hydrogen-bond donors (Lipinski definition) is 2. The molecule has 0 aliphatic heterocycles. The van der Waals surface area contributed by atoms with Gasteiger partial charge in [-0.25, -0.2) is 4.98 Å². The van der Waals surface area contributed by atoms with Crippen LogP contribution in [0.1, 0.15) is 32.1 Å². The van der Waals surface area contributed by atoms with Gasteiger partial charge in [0.1, 0.15) is 0 Å². The number of rotatable bonds is 5. The largest absolute Gasteiger partial charge is 0.481 e. The molecule has 1 fully saturated rings. The molecule has 1 heterocycles. The van der Waals surface area contributed by atoms with Crippen LogP contribution in [-0.4, -0.2) is 30.6 Å². The van der Waals surface area contributed by atoms with E-state index in [-0.39, 0.29) is 12.5 Å². The normalized spacial score (nSPS) is 15.8. The van der Waals surface area contributed by atoms with Crippen molar-refractivity contribution in [2.24, 2.45) is 0 Å². The van der Waals surface area contributed by atoms with E-state index in [0.717, 1.165) is 18.5 Å². The Kier molecular flexibility index (Phi) is 5.01. The first kappa shape index (κ1) is 13.6. The summed E-state index contributed by atoms with van der Waals surface area (Å²) >= 11 is 0. The van der Waals surface area contributed by atoms with Crippen molar-refractivity contribution in [1.82, 2.24) is 10.3 Å². The van der Waals surface area contributed by atoms with Crippen LogP contribution in [0.5, 0.6) is 5.88 Å². The molecule has 19 heavy (non-hydrogen) atoms. The van der Waals surface area contributed by atoms with E-state index in [9.17, 15) is 4.79 Å². The topological polar surface area (TPSA) is 63.2 Å². The average Bonchev–Trinajstić information content (AvgIpc) is 2.47. The minimum atomic E-state index is 0.0442. The zero-order valence-corrected chi connectivity index (χ0v) is 11.3. The third kappa shape index (κ3) is 4.43. The number of pyridine rings is 1. The highest BCUT2D eigenvalue weighted by molar-refractivity contribution is 5.80. The van der Waals surface area contributed by atoms with Crippen molar-refractivity contribution in [3.05, 3.63) is 18.3 Å². The quantitative estimate of drug-likeness (QED) is 0.852. The summed E-state index contributed by atoms with van der Waals surface area (Å²) in [5.41, 5.74) is 0.819. The highest BCUT2D eigenvalue weighted by atomic mass is 16.5. The van der Waals surface area contributed by atoms with E-state index in [0.29, 0.717) is 11.9 Å². The molecule has 0 radical (unpaired) electrons. The van der Waals surface area contributed by atoms with E-state index in [1.165, 1.54) is 19.3 Å². The fourth-order valence-corrected chi connectivity index (χ4v) is 2.31. The number of anilines is 1. The van der Waals surface area contributed by atoms with Crippen LogP contribution in [0, 0.1) is 0 Å². The number of amides is 1. The first-order valence-electron chi connectivity index (χ1n) is 6.81. The lowest BCUT2D eigenvalue weighted by Gasteiger charge is -2.22. The van der Waals surface area contributed by atoms with Crippen LogP contribution in [0.15, 0.2) is 18.3 Å². The van der Waals surface area contributed by atoms with Gasteiger partial charge in [0.05, 0.1) is 25.5 Å². The summed E-state index contributed by atoms with van der Waals surface area (Å²) in [4.78, 5) is 15.9. The fourth-order valence-electron chi connectivity index (χ4n) is 2.31. The molecule has 104 valence electrons. The molecule has 5 heteroatoms. The minimum Gasteiger partial charge on any atom is -0.481 e. The first-order valence-corrected chi connectivity index (χ1v) is 6.81. The molecule has 0 unspecified atom stereocenters. The van der Waals surface area contributed by atoms with E-state index in [2.05, 4.69) is 15.6 Å². The Morgan fingerprint density at radius 3 is 2.79 bits per heavy atom. The summed E-state index contributed by atoms with van der Waals surface area (Å²) in [5, 5.41) is 6.12. The smallest absolute Gasteiger partial charge is 0.239 e. The number of carbonyl (C=O) groups is 1. The maximum Gasteiger partial charge on any atom is 0.239 e. The SMILES string of the molecule is COc1ccc(NCC(=O)NC2CCCCC2)cn1. The Labute approximate surface area is 113 Å². The molecule has 1 amide bonds. The number of ether oxygens (including phenoxy) is 1. The van der Waals surface area contributed by atoms with E-state index in [1.54, 1.807) is 19.4 Å². The lowest BCUT2D eigenvalue weighted by molar-refractivity contribution is -0.120. The monoisotopic (exact) mass is 263 g/mol. The maximum atomic E-state index is 11.8. The Hall–Kier alpha value is -1.78. The molecule has 0 saturated heterocycles. The molecule has 1 aliphatic rings. The van der Waals surface area contributed by atoms with Gasteiger partial charge in [-0.2, -0.15) is 0 Å². The zero-order valence-electron chi connectivity index (χ0n) is 11.3. The number of hydrogen-bond acceptors (Lipinski definition) is 4. The van der Waals surface area contributed by atoms with Crippen LogP contribution in [0.25, 0.3) is 0 Å². The second-order valence-corrected chi connectivity index (χ2v) is 4.85. The van der Waals surface area contributed by atoms with Gasteiger partial charge in [0, 0.05) is 12.1 Å². The molecule has 0 bridgehead atoms. The van der Waals surface area contributed by atoms with Crippen molar-refractivity contribution >= 4 is 11.6 Å². The molecular weight excluding hydrogens is 242 g/mol. The number of aromatic nitrogens is 1. The number of nitrogens with zero attached hydrogens (tertiary/aromatic N) is 1. The molecule has 1 aromatic heterocycles. The van der Waals surface area contributed by atoms with Crippen LogP contribution in [0.3, 0.4) is 0 Å². The summed E-state index contributed by atoms with van der Waals surface area (Å²) in [6.45, 7) is 0.282. The Morgan fingerprint density at radius 2 is 2.16 bits per heavy atom. The molecule has 5 nitrogen and oxygen atoms in total. The Balaban J connectivity index is 1.72. The third-order valence-electron chi connectivity index (χ3n) is 3.37. The third-order valence-corrected chi connectivity index (χ3v) is 3.37. The number of methoxy groups -OCH3 is 1. The molecular formula is C14H21N3O2. The van der Waals surface area contributed by atoms with Gasteiger partial charge in [-0.15, -0.1) is 0 Å². The van der Waals surface area contributed by atoms with Gasteiger partial charge in [-0.3, -0.25) is 4.79 Å². The van der Waals surface area contributed by atoms with Gasteiger partial charge in [-0.05, 0) is 18.9 Å². The lowest BCUT2D eigenvalue weighted by Crippen LogP contribution is -2.39. The predicted molar refractivity (Wildman–Crippen MR) is 74.3 cm³/mol. The average molecular weight is 263 g/mol. The molecule has 1 aromatic rings. The Morgan fingerprint density at radius 1 is 1.37 bits per heavy atom. The molecule has 0 atom stereocenters. The first-order chi connectivity index (χ1) is 9.28. The van der Waals surface area contributed by atoms with Crippen LogP contribution in [0.2, 0.25) is 0 Å². The highest BCUT2D eigenvalue weighted by Gasteiger charge is 2.15. The molecule has 1 aliphatic carbocycles. The van der Waals surface area contributed by atoms with Gasteiger partial charge < -0.3 is 15.4 Å². The van der Waals surface area contributed by atoms with E-state index < -0.39 is 0 Å². The van der Waals surface area contributed by atoms with Crippen molar-refractivity contribution in [3.63, 3.8) is 0 Å². The van der Waals surface area contributed by atoms with Gasteiger partial charge in [0.15, 0.2) is 0 Å². The minimum absolute atomic E-state index is 0.0442. The summed E-state index contributed by atoms with van der Waals surface area (Å²) in [6, 6.07) is 3.97. The fraction of sp³-hybridized carbons (Fsp3) is 0.571. The van der Waals surface area contributed by atoms with Crippen LogP contribution >= 0.6 is 0 Å². The molecule has 2 N–H and O–H groups in total. The predicted octanol–water partition coefficient (Wildman–Crippen LogP) is 1.95. The van der Waals surface area contributed by atoms with Crippen molar-refractivity contribution in [3.8, 4) is 5.88 Å². The zero-order chi connectivity index (χ0) is 13.5. The summed E-state index contributed by atoms with van der Waals surface area (Å²) in [7, 11) is 1.58. The highest BCUT2D eigenvalue weighted by Crippen LogP contribution is 2.17. The van der Waals surface area contributed by atoms with Gasteiger partial charge in [0.2, 0.25) is 11.8 Å². The molecule has 0 spiro atoms. The number of nitrogens with one attached hydrogen (secondary N) is 2. The summed E-state index contributed by atoms with van der Waals surface area (Å²) in [5.74, 6) is 0.611. The van der Waals surface area contributed by atoms with Gasteiger partial charge in [0.25, 0.3) is 0 Å². The Bertz CT molecular complexity index is 400. The van der Waals surface area contributed by atoms with E-state index in [4.69, 9.17) is 4.74 Å². The summed E-state index contributed by atoms with van der Waals surface area (Å²) in [6.07, 6.45) is 7.61. The van der Waals surface area contributed by atoms with Crippen LogP contribution in [-0.2, 0) is 4.79 Å². The van der Waals surface area contributed by atoms with Crippen LogP contribution < -0.4 is 15.4 Å².